The van der Waals surface area contributed by atoms with Crippen LogP contribution in [0.15, 0.2) is 48.5 Å². The molecule has 140 valence electrons. The lowest BCUT2D eigenvalue weighted by atomic mass is 9.97. The molecule has 5 nitrogen and oxygen atoms in total. The van der Waals surface area contributed by atoms with Crippen LogP contribution in [0.2, 0.25) is 0 Å². The Balaban J connectivity index is 1.45. The van der Waals surface area contributed by atoms with E-state index in [0.29, 0.717) is 26.1 Å². The van der Waals surface area contributed by atoms with Crippen molar-refractivity contribution >= 4 is 17.5 Å². The zero-order valence-corrected chi connectivity index (χ0v) is 15.6. The van der Waals surface area contributed by atoms with Crippen molar-refractivity contribution < 1.29 is 9.59 Å². The maximum absolute atomic E-state index is 13.1. The first kappa shape index (κ1) is 17.6. The molecule has 2 aromatic rings. The van der Waals surface area contributed by atoms with Crippen LogP contribution < -0.4 is 5.73 Å². The van der Waals surface area contributed by atoms with Gasteiger partial charge in [0.2, 0.25) is 11.8 Å². The third-order valence-electron chi connectivity index (χ3n) is 5.81. The molecule has 0 aromatic heterocycles. The number of benzene rings is 2. The number of rotatable bonds is 3. The number of nitrogens with zero attached hydrogens (tertiary/aromatic N) is 2. The molecule has 2 aromatic carbocycles. The topological polar surface area (TPSA) is 66.6 Å². The van der Waals surface area contributed by atoms with Gasteiger partial charge < -0.3 is 15.5 Å². The lowest BCUT2D eigenvalue weighted by Crippen LogP contribution is -2.40. The predicted molar refractivity (Wildman–Crippen MR) is 105 cm³/mol. The van der Waals surface area contributed by atoms with Crippen LogP contribution in [-0.2, 0) is 22.6 Å². The van der Waals surface area contributed by atoms with E-state index in [2.05, 4.69) is 6.07 Å². The third-order valence-corrected chi connectivity index (χ3v) is 5.81. The summed E-state index contributed by atoms with van der Waals surface area (Å²) < 4.78 is 0. The van der Waals surface area contributed by atoms with Gasteiger partial charge in [-0.15, -0.1) is 0 Å². The summed E-state index contributed by atoms with van der Waals surface area (Å²) in [7, 11) is 0. The lowest BCUT2D eigenvalue weighted by molar-refractivity contribution is -0.136. The van der Waals surface area contributed by atoms with E-state index in [1.165, 1.54) is 5.56 Å². The molecule has 5 heteroatoms. The molecule has 2 aliphatic heterocycles. The predicted octanol–water partition coefficient (Wildman–Crippen LogP) is 2.76. The molecule has 4 rings (SSSR count). The largest absolute Gasteiger partial charge is 0.399 e. The Morgan fingerprint density at radius 2 is 1.93 bits per heavy atom. The summed E-state index contributed by atoms with van der Waals surface area (Å²) in [6, 6.07) is 15.9. The van der Waals surface area contributed by atoms with E-state index in [1.54, 1.807) is 0 Å². The van der Waals surface area contributed by atoms with Crippen LogP contribution in [0, 0.1) is 5.92 Å². The van der Waals surface area contributed by atoms with Gasteiger partial charge in [0.25, 0.3) is 0 Å². The Morgan fingerprint density at radius 1 is 1.15 bits per heavy atom. The molecular weight excluding hydrogens is 338 g/mol. The molecule has 2 aliphatic rings. The van der Waals surface area contributed by atoms with Gasteiger partial charge in [0.1, 0.15) is 0 Å². The van der Waals surface area contributed by atoms with E-state index in [0.717, 1.165) is 23.2 Å². The maximum atomic E-state index is 13.1. The summed E-state index contributed by atoms with van der Waals surface area (Å²) in [4.78, 5) is 29.4. The van der Waals surface area contributed by atoms with E-state index < -0.39 is 0 Å². The number of carbonyl (C=O) groups is 2. The van der Waals surface area contributed by atoms with Gasteiger partial charge in [0.05, 0.1) is 12.0 Å². The van der Waals surface area contributed by atoms with Gasteiger partial charge in [0.15, 0.2) is 0 Å². The molecule has 2 unspecified atom stereocenters. The van der Waals surface area contributed by atoms with Crippen molar-refractivity contribution in [3.8, 4) is 0 Å². The fourth-order valence-electron chi connectivity index (χ4n) is 4.21. The molecule has 1 saturated heterocycles. The molecule has 2 N–H and O–H groups in total. The standard InChI is InChI=1S/C22H25N3O2/c1-15(16-5-3-2-4-6-16)25-14-19(12-21(25)26)22(27)24-10-9-17-7-8-20(23)11-18(17)13-24/h2-8,11,15,19H,9-10,12-14,23H2,1H3. The molecule has 0 saturated carbocycles. The van der Waals surface area contributed by atoms with Gasteiger partial charge in [-0.2, -0.15) is 0 Å². The van der Waals surface area contributed by atoms with Crippen LogP contribution >= 0.6 is 0 Å². The molecular formula is C22H25N3O2. The molecule has 0 radical (unpaired) electrons. The SMILES string of the molecule is CC(c1ccccc1)N1CC(C(=O)N2CCc3ccc(N)cc3C2)CC1=O. The number of nitrogens with two attached hydrogens (primary N) is 1. The zero-order chi connectivity index (χ0) is 19.0. The molecule has 2 atom stereocenters. The zero-order valence-electron chi connectivity index (χ0n) is 15.6. The van der Waals surface area contributed by atoms with Gasteiger partial charge >= 0.3 is 0 Å². The maximum Gasteiger partial charge on any atom is 0.228 e. The van der Waals surface area contributed by atoms with Crippen molar-refractivity contribution in [3.63, 3.8) is 0 Å². The Kier molecular flexibility index (Phi) is 4.60. The minimum Gasteiger partial charge on any atom is -0.399 e. The molecule has 1 fully saturated rings. The van der Waals surface area contributed by atoms with E-state index in [1.807, 2.05) is 59.2 Å². The van der Waals surface area contributed by atoms with Crippen molar-refractivity contribution in [2.45, 2.75) is 32.4 Å². The fourth-order valence-corrected chi connectivity index (χ4v) is 4.21. The first-order valence-corrected chi connectivity index (χ1v) is 9.53. The molecule has 2 amide bonds. The Bertz CT molecular complexity index is 865. The van der Waals surface area contributed by atoms with Crippen molar-refractivity contribution in [3.05, 3.63) is 65.2 Å². The van der Waals surface area contributed by atoms with Gasteiger partial charge in [-0.3, -0.25) is 9.59 Å². The van der Waals surface area contributed by atoms with E-state index >= 15 is 0 Å². The van der Waals surface area contributed by atoms with Gasteiger partial charge in [0, 0.05) is 31.7 Å². The Hall–Kier alpha value is -2.82. The monoisotopic (exact) mass is 363 g/mol. The van der Waals surface area contributed by atoms with Gasteiger partial charge in [-0.05, 0) is 42.2 Å². The number of likely N-dealkylation sites (tertiary alicyclic amines) is 1. The number of hydrogen-bond donors (Lipinski definition) is 1. The number of carbonyl (C=O) groups excluding carboxylic acids is 2. The first-order chi connectivity index (χ1) is 13.0. The highest BCUT2D eigenvalue weighted by Gasteiger charge is 2.39. The van der Waals surface area contributed by atoms with Crippen molar-refractivity contribution in [2.24, 2.45) is 5.92 Å². The number of hydrogen-bond acceptors (Lipinski definition) is 3. The fraction of sp³-hybridized carbons (Fsp3) is 0.364. The smallest absolute Gasteiger partial charge is 0.228 e. The van der Waals surface area contributed by atoms with Crippen molar-refractivity contribution in [2.75, 3.05) is 18.8 Å². The molecule has 2 heterocycles. The van der Waals surface area contributed by atoms with Crippen LogP contribution in [0.1, 0.15) is 36.1 Å². The summed E-state index contributed by atoms with van der Waals surface area (Å²) in [5, 5.41) is 0. The Labute approximate surface area is 159 Å². The minimum atomic E-state index is -0.258. The van der Waals surface area contributed by atoms with Crippen LogP contribution in [-0.4, -0.2) is 34.7 Å². The van der Waals surface area contributed by atoms with Crippen LogP contribution in [0.5, 0.6) is 0 Å². The highest BCUT2D eigenvalue weighted by atomic mass is 16.2. The third kappa shape index (κ3) is 3.42. The normalized spacial score (nSPS) is 20.5. The van der Waals surface area contributed by atoms with Crippen LogP contribution in [0.25, 0.3) is 0 Å². The summed E-state index contributed by atoms with van der Waals surface area (Å²) in [6.45, 7) is 3.81. The second kappa shape index (κ2) is 7.06. The average Bonchev–Trinajstić information content (AvgIpc) is 3.08. The molecule has 27 heavy (non-hydrogen) atoms. The number of anilines is 1. The first-order valence-electron chi connectivity index (χ1n) is 9.53. The minimum absolute atomic E-state index is 0.0154. The quantitative estimate of drug-likeness (QED) is 0.853. The average molecular weight is 363 g/mol. The van der Waals surface area contributed by atoms with Crippen LogP contribution in [0.4, 0.5) is 5.69 Å². The summed E-state index contributed by atoms with van der Waals surface area (Å²) in [5.74, 6) is -0.114. The van der Waals surface area contributed by atoms with Crippen molar-refractivity contribution in [1.82, 2.24) is 9.80 Å². The molecule has 0 bridgehead atoms. The number of amides is 2. The summed E-state index contributed by atoms with van der Waals surface area (Å²) >= 11 is 0. The van der Waals surface area contributed by atoms with Crippen LogP contribution in [0.3, 0.4) is 0 Å². The van der Waals surface area contributed by atoms with Crippen molar-refractivity contribution in [1.29, 1.82) is 0 Å². The number of nitrogen functional groups attached to an aromatic ring is 1. The highest BCUT2D eigenvalue weighted by molar-refractivity contribution is 5.89. The summed E-state index contributed by atoms with van der Waals surface area (Å²) in [5.41, 5.74) is 10.1. The molecule has 0 aliphatic carbocycles. The van der Waals surface area contributed by atoms with Gasteiger partial charge in [-0.25, -0.2) is 0 Å². The highest BCUT2D eigenvalue weighted by Crippen LogP contribution is 2.31. The lowest BCUT2D eigenvalue weighted by Gasteiger charge is -2.31. The molecule has 0 spiro atoms. The second-order valence-electron chi connectivity index (χ2n) is 7.57. The van der Waals surface area contributed by atoms with E-state index in [-0.39, 0.29) is 23.8 Å². The van der Waals surface area contributed by atoms with E-state index in [4.69, 9.17) is 5.73 Å². The van der Waals surface area contributed by atoms with Gasteiger partial charge in [-0.1, -0.05) is 36.4 Å². The number of fused-ring (bicyclic) bond motifs is 1. The Morgan fingerprint density at radius 3 is 2.70 bits per heavy atom. The van der Waals surface area contributed by atoms with E-state index in [9.17, 15) is 9.59 Å². The second-order valence-corrected chi connectivity index (χ2v) is 7.57. The summed E-state index contributed by atoms with van der Waals surface area (Å²) in [6.07, 6.45) is 1.14.